The van der Waals surface area contributed by atoms with Gasteiger partial charge in [0.1, 0.15) is 17.1 Å². The van der Waals surface area contributed by atoms with Gasteiger partial charge in [-0.2, -0.15) is 0 Å². The molecule has 0 aliphatic carbocycles. The zero-order valence-electron chi connectivity index (χ0n) is 15.5. The Kier molecular flexibility index (Phi) is 4.42. The molecule has 134 valence electrons. The Balaban J connectivity index is 1.87. The van der Waals surface area contributed by atoms with Crippen molar-refractivity contribution in [1.82, 2.24) is 9.38 Å². The lowest BCUT2D eigenvalue weighted by molar-refractivity contribution is 0.415. The number of rotatable bonds is 4. The summed E-state index contributed by atoms with van der Waals surface area (Å²) in [5.41, 5.74) is 5.69. The predicted octanol–water partition coefficient (Wildman–Crippen LogP) is 6.04. The molecule has 4 rings (SSSR count). The highest BCUT2D eigenvalue weighted by Gasteiger charge is 2.15. The molecule has 27 heavy (non-hydrogen) atoms. The number of benzene rings is 2. The molecule has 0 atom stereocenters. The molecule has 0 spiro atoms. The van der Waals surface area contributed by atoms with Crippen molar-refractivity contribution >= 4 is 17.2 Å². The zero-order valence-corrected chi connectivity index (χ0v) is 15.5. The number of hydrogen-bond acceptors (Lipinski definition) is 4. The van der Waals surface area contributed by atoms with E-state index < -0.39 is 0 Å². The molecule has 5 nitrogen and oxygen atoms in total. The Morgan fingerprint density at radius 3 is 2.48 bits per heavy atom. The molecule has 0 unspecified atom stereocenters. The van der Waals surface area contributed by atoms with Crippen LogP contribution in [0.1, 0.15) is 11.1 Å². The van der Waals surface area contributed by atoms with Gasteiger partial charge in [-0.1, -0.05) is 29.8 Å². The fourth-order valence-corrected chi connectivity index (χ4v) is 2.91. The van der Waals surface area contributed by atoms with Crippen LogP contribution in [0.15, 0.2) is 77.1 Å². The van der Waals surface area contributed by atoms with E-state index in [-0.39, 0.29) is 0 Å². The number of nitrogens with zero attached hydrogens (tertiary/aromatic N) is 4. The normalized spacial score (nSPS) is 11.4. The van der Waals surface area contributed by atoms with Crippen molar-refractivity contribution in [2.75, 3.05) is 7.11 Å². The maximum atomic E-state index is 5.36. The minimum atomic E-state index is 0.693. The van der Waals surface area contributed by atoms with E-state index in [4.69, 9.17) is 9.72 Å². The molecule has 4 aromatic rings. The fourth-order valence-electron chi connectivity index (χ4n) is 2.91. The second-order valence-corrected chi connectivity index (χ2v) is 6.48. The summed E-state index contributed by atoms with van der Waals surface area (Å²) in [4.78, 5) is 4.80. The summed E-state index contributed by atoms with van der Waals surface area (Å²) in [5.74, 6) is 1.47. The number of fused-ring (bicyclic) bond motifs is 1. The SMILES string of the molecule is COc1cccc(-c2nc3cc(C)ccn3c2N=Nc2ccc(C)cc2)c1. The largest absolute Gasteiger partial charge is 0.497 e. The monoisotopic (exact) mass is 356 g/mol. The number of imidazole rings is 1. The van der Waals surface area contributed by atoms with E-state index in [0.29, 0.717) is 5.82 Å². The molecule has 0 saturated heterocycles. The standard InChI is InChI=1S/C22H20N4O/c1-15-7-9-18(10-8-15)24-25-22-21(17-5-4-6-19(14-17)27-3)23-20-13-16(2)11-12-26(20)22/h4-14H,1-3H3. The van der Waals surface area contributed by atoms with Crippen LogP contribution in [-0.2, 0) is 0 Å². The third kappa shape index (κ3) is 3.44. The van der Waals surface area contributed by atoms with Crippen LogP contribution in [0.5, 0.6) is 5.75 Å². The van der Waals surface area contributed by atoms with E-state index >= 15 is 0 Å². The first-order valence-corrected chi connectivity index (χ1v) is 8.75. The highest BCUT2D eigenvalue weighted by atomic mass is 16.5. The summed E-state index contributed by atoms with van der Waals surface area (Å²) in [6.45, 7) is 4.10. The van der Waals surface area contributed by atoms with Crippen LogP contribution < -0.4 is 4.74 Å². The molecule has 2 aromatic carbocycles. The summed E-state index contributed by atoms with van der Waals surface area (Å²) in [6.07, 6.45) is 1.98. The fraction of sp³-hybridized carbons (Fsp3) is 0.136. The molecule has 0 bridgehead atoms. The summed E-state index contributed by atoms with van der Waals surface area (Å²) < 4.78 is 7.32. The predicted molar refractivity (Wildman–Crippen MR) is 107 cm³/mol. The maximum absolute atomic E-state index is 5.36. The molecule has 0 aliphatic heterocycles. The number of aryl methyl sites for hydroxylation is 2. The van der Waals surface area contributed by atoms with Crippen LogP contribution in [-0.4, -0.2) is 16.5 Å². The van der Waals surface area contributed by atoms with Gasteiger partial charge < -0.3 is 4.74 Å². The second-order valence-electron chi connectivity index (χ2n) is 6.48. The Morgan fingerprint density at radius 1 is 0.889 bits per heavy atom. The number of azo groups is 1. The maximum Gasteiger partial charge on any atom is 0.187 e. The summed E-state index contributed by atoms with van der Waals surface area (Å²) in [7, 11) is 1.66. The number of methoxy groups -OCH3 is 1. The Morgan fingerprint density at radius 2 is 1.70 bits per heavy atom. The number of hydrogen-bond donors (Lipinski definition) is 0. The van der Waals surface area contributed by atoms with E-state index in [0.717, 1.165) is 33.9 Å². The molecular formula is C22H20N4O. The van der Waals surface area contributed by atoms with E-state index in [1.165, 1.54) is 5.56 Å². The van der Waals surface area contributed by atoms with Crippen molar-refractivity contribution in [2.24, 2.45) is 10.2 Å². The van der Waals surface area contributed by atoms with Gasteiger partial charge in [0.25, 0.3) is 0 Å². The van der Waals surface area contributed by atoms with Gasteiger partial charge in [0, 0.05) is 11.8 Å². The van der Waals surface area contributed by atoms with Crippen LogP contribution in [0, 0.1) is 13.8 Å². The first-order chi connectivity index (χ1) is 13.1. The second kappa shape index (κ2) is 7.03. The molecule has 0 radical (unpaired) electrons. The van der Waals surface area contributed by atoms with Crippen molar-refractivity contribution in [2.45, 2.75) is 13.8 Å². The van der Waals surface area contributed by atoms with Gasteiger partial charge in [-0.15, -0.1) is 10.2 Å². The van der Waals surface area contributed by atoms with E-state index in [2.05, 4.69) is 17.2 Å². The van der Waals surface area contributed by atoms with Crippen molar-refractivity contribution in [3.8, 4) is 17.0 Å². The molecule has 0 saturated carbocycles. The summed E-state index contributed by atoms with van der Waals surface area (Å²) in [5, 5.41) is 8.96. The molecule has 0 N–H and O–H groups in total. The highest BCUT2D eigenvalue weighted by molar-refractivity contribution is 5.75. The van der Waals surface area contributed by atoms with Gasteiger partial charge in [0.15, 0.2) is 5.82 Å². The van der Waals surface area contributed by atoms with Crippen molar-refractivity contribution in [1.29, 1.82) is 0 Å². The average Bonchev–Trinajstić information content (AvgIpc) is 3.05. The lowest BCUT2D eigenvalue weighted by Gasteiger charge is -2.03. The Hall–Kier alpha value is -3.47. The van der Waals surface area contributed by atoms with Crippen LogP contribution in [0.3, 0.4) is 0 Å². The molecule has 2 aromatic heterocycles. The first-order valence-electron chi connectivity index (χ1n) is 8.75. The highest BCUT2D eigenvalue weighted by Crippen LogP contribution is 2.34. The molecule has 0 aliphatic rings. The van der Waals surface area contributed by atoms with Gasteiger partial charge in [-0.3, -0.25) is 4.40 Å². The van der Waals surface area contributed by atoms with E-state index in [1.807, 2.05) is 78.2 Å². The topological polar surface area (TPSA) is 51.2 Å². The van der Waals surface area contributed by atoms with Gasteiger partial charge in [0.05, 0.1) is 12.8 Å². The molecule has 0 amide bonds. The quantitative estimate of drug-likeness (QED) is 0.418. The minimum absolute atomic E-state index is 0.693. The van der Waals surface area contributed by atoms with Gasteiger partial charge >= 0.3 is 0 Å². The molecule has 2 heterocycles. The molecular weight excluding hydrogens is 336 g/mol. The number of aromatic nitrogens is 2. The van der Waals surface area contributed by atoms with Gasteiger partial charge in [-0.25, -0.2) is 4.98 Å². The van der Waals surface area contributed by atoms with Crippen molar-refractivity contribution < 1.29 is 4.74 Å². The third-order valence-electron chi connectivity index (χ3n) is 4.39. The van der Waals surface area contributed by atoms with E-state index in [9.17, 15) is 0 Å². The summed E-state index contributed by atoms with van der Waals surface area (Å²) in [6, 6.07) is 19.9. The average molecular weight is 356 g/mol. The van der Waals surface area contributed by atoms with Crippen molar-refractivity contribution in [3.63, 3.8) is 0 Å². The third-order valence-corrected chi connectivity index (χ3v) is 4.39. The zero-order chi connectivity index (χ0) is 18.8. The Bertz CT molecular complexity index is 1130. The van der Waals surface area contributed by atoms with Crippen LogP contribution in [0.4, 0.5) is 11.5 Å². The number of ether oxygens (including phenoxy) is 1. The van der Waals surface area contributed by atoms with Crippen molar-refractivity contribution in [3.05, 3.63) is 78.0 Å². The smallest absolute Gasteiger partial charge is 0.187 e. The first kappa shape index (κ1) is 17.0. The van der Waals surface area contributed by atoms with Crippen LogP contribution in [0.25, 0.3) is 16.9 Å². The van der Waals surface area contributed by atoms with Gasteiger partial charge in [0.2, 0.25) is 0 Å². The van der Waals surface area contributed by atoms with Crippen LogP contribution in [0.2, 0.25) is 0 Å². The molecule has 0 fully saturated rings. The lowest BCUT2D eigenvalue weighted by atomic mass is 10.1. The number of pyridine rings is 1. The lowest BCUT2D eigenvalue weighted by Crippen LogP contribution is -1.85. The van der Waals surface area contributed by atoms with Gasteiger partial charge in [-0.05, 0) is 55.8 Å². The van der Waals surface area contributed by atoms with Crippen LogP contribution >= 0.6 is 0 Å². The molecule has 5 heteroatoms. The Labute approximate surface area is 158 Å². The van der Waals surface area contributed by atoms with E-state index in [1.54, 1.807) is 7.11 Å². The minimum Gasteiger partial charge on any atom is -0.497 e. The summed E-state index contributed by atoms with van der Waals surface area (Å²) >= 11 is 0.